The zero-order valence-electron chi connectivity index (χ0n) is 47.5. The molecule has 4 amide bonds. The van der Waals surface area contributed by atoms with E-state index in [4.69, 9.17) is 18.9 Å². The summed E-state index contributed by atoms with van der Waals surface area (Å²) in [6, 6.07) is 8.66. The third-order valence-corrected chi connectivity index (χ3v) is 17.6. The van der Waals surface area contributed by atoms with Gasteiger partial charge in [0.2, 0.25) is 11.8 Å². The molecule has 10 rings (SSSR count). The number of aliphatic hydroxyl groups is 6. The minimum Gasteiger partial charge on any atom is -0.394 e. The van der Waals surface area contributed by atoms with Gasteiger partial charge in [-0.05, 0) is 60.7 Å². The molecule has 90 heavy (non-hydrogen) atoms. The lowest BCUT2D eigenvalue weighted by Gasteiger charge is -2.45. The predicted octanol–water partition coefficient (Wildman–Crippen LogP) is 4.38. The summed E-state index contributed by atoms with van der Waals surface area (Å²) in [7, 11) is 2.52. The number of methoxy groups -OCH3 is 2. The van der Waals surface area contributed by atoms with Crippen molar-refractivity contribution >= 4 is 98.7 Å². The first-order valence-electron chi connectivity index (χ1n) is 27.2. The van der Waals surface area contributed by atoms with E-state index in [2.05, 4.69) is 84.3 Å². The minimum atomic E-state index is -1.65. The van der Waals surface area contributed by atoms with Gasteiger partial charge in [-0.1, -0.05) is 74.1 Å². The Morgan fingerprint density at radius 2 is 0.867 bits per heavy atom. The second-order valence-electron chi connectivity index (χ2n) is 21.4. The van der Waals surface area contributed by atoms with Crippen LogP contribution in [0, 0.1) is 34.9 Å². The van der Waals surface area contributed by atoms with Gasteiger partial charge < -0.3 is 69.2 Å². The SMILES string of the molecule is CO[C@@H]1[C@@H](n2cc(-c3cc(F)c(F)c(F)c3)nn2)[C@@H](O)[C@@H](CO)O[C@H]1C(=O)N(c1cc(Br)cc(Br)c1)[C@@H]1CN(C(C)=O)C[C@H]1O.CO[C@@H]1[C@@H](n2cc(-c3cc(F)c(F)c(F)c3)nn2)[C@@H](O)[C@@H](CO)O[C@H]1C(=O)N(c1cc(Br)cc(Br)c1)[C@H]1CN(C(C)=O)C[C@@H]1O. The van der Waals surface area contributed by atoms with E-state index in [0.717, 1.165) is 33.6 Å². The van der Waals surface area contributed by atoms with Crippen molar-refractivity contribution in [2.24, 2.45) is 0 Å². The quantitative estimate of drug-likeness (QED) is 0.0651. The number of likely N-dealkylation sites (tertiary alicyclic amines) is 2. The van der Waals surface area contributed by atoms with Crippen molar-refractivity contribution in [1.82, 2.24) is 39.8 Å². The van der Waals surface area contributed by atoms with Crippen LogP contribution in [0.1, 0.15) is 25.9 Å². The van der Waals surface area contributed by atoms with Gasteiger partial charge >= 0.3 is 0 Å². The van der Waals surface area contributed by atoms with E-state index in [-0.39, 0.29) is 60.5 Å². The molecule has 6 N–H and O–H groups in total. The summed E-state index contributed by atoms with van der Waals surface area (Å²) >= 11 is 13.6. The standard InChI is InChI=1S/2C28H28Br2F3N5O7/c2*1-12(40)36-9-20(21(41)10-36)38(16-6-14(29)5-15(30)7-16)28(43)27-26(44-2)24(25(42)22(11-39)45-27)37-8-19(34-35-37)13-3-17(31)23(33)18(32)4-13/h2*3-8,20-22,24-27,39,41-42H,9-11H2,1-2H3/t20-,21-,22+,24-,25-,26+,27+;20-,21-,22-,24+,25+,26-,27-/m01/s1. The number of β-amino-alcohol motifs (C(OH)–C–C–N with tert-alkyl or cyclic N) is 2. The number of carbonyl (C=O) groups is 4. The summed E-state index contributed by atoms with van der Waals surface area (Å²) in [6.07, 6.45) is -11.1. The summed E-state index contributed by atoms with van der Waals surface area (Å²) in [4.78, 5) is 58.8. The molecule has 484 valence electrons. The van der Waals surface area contributed by atoms with Crippen LogP contribution < -0.4 is 9.80 Å². The maximum atomic E-state index is 14.5. The van der Waals surface area contributed by atoms with Crippen LogP contribution in [-0.4, -0.2) is 221 Å². The highest BCUT2D eigenvalue weighted by Gasteiger charge is 2.55. The van der Waals surface area contributed by atoms with Crippen LogP contribution in [0.15, 0.2) is 90.9 Å². The number of hydrogen-bond acceptors (Lipinski definition) is 18. The van der Waals surface area contributed by atoms with E-state index in [9.17, 15) is 76.2 Å². The molecular formula is C56H56Br4F6N10O14. The maximum absolute atomic E-state index is 14.5. The number of nitrogens with zero attached hydrogens (tertiary/aromatic N) is 10. The molecule has 0 unspecified atom stereocenters. The molecule has 0 saturated carbocycles. The third-order valence-electron chi connectivity index (χ3n) is 15.8. The van der Waals surface area contributed by atoms with Crippen LogP contribution >= 0.6 is 63.7 Å². The number of anilines is 2. The molecule has 4 saturated heterocycles. The van der Waals surface area contributed by atoms with Gasteiger partial charge in [-0.2, -0.15) is 0 Å². The van der Waals surface area contributed by atoms with Crippen molar-refractivity contribution in [3.05, 3.63) is 126 Å². The van der Waals surface area contributed by atoms with Gasteiger partial charge in [0.1, 0.15) is 60.1 Å². The Bertz CT molecular complexity index is 3340. The topological polar surface area (TPSA) is 301 Å². The van der Waals surface area contributed by atoms with E-state index in [1.807, 2.05) is 0 Å². The maximum Gasteiger partial charge on any atom is 0.259 e. The molecule has 0 radical (unpaired) electrons. The smallest absolute Gasteiger partial charge is 0.259 e. The molecule has 24 nitrogen and oxygen atoms in total. The molecule has 4 fully saturated rings. The van der Waals surface area contributed by atoms with Crippen molar-refractivity contribution in [1.29, 1.82) is 0 Å². The Kier molecular flexibility index (Phi) is 21.7. The number of aliphatic hydroxyl groups excluding tert-OH is 6. The first-order chi connectivity index (χ1) is 42.7. The van der Waals surface area contributed by atoms with Crippen LogP contribution in [0.25, 0.3) is 22.5 Å². The molecule has 4 aliphatic rings. The van der Waals surface area contributed by atoms with E-state index < -0.39 is 145 Å². The van der Waals surface area contributed by atoms with Gasteiger partial charge in [0, 0.05) is 94.6 Å². The molecule has 34 heteroatoms. The van der Waals surface area contributed by atoms with Gasteiger partial charge in [-0.25, -0.2) is 35.7 Å². The fourth-order valence-corrected chi connectivity index (χ4v) is 13.9. The average Bonchev–Trinajstić information content (AvgIpc) is 1.91. The highest BCUT2D eigenvalue weighted by molar-refractivity contribution is 9.11. The van der Waals surface area contributed by atoms with Crippen LogP contribution in [0.4, 0.5) is 37.7 Å². The number of amides is 4. The minimum absolute atomic E-state index is 0.00342. The molecule has 6 aromatic rings. The largest absolute Gasteiger partial charge is 0.394 e. The lowest BCUT2D eigenvalue weighted by Crippen LogP contribution is -2.63. The average molecular weight is 1530 g/mol. The Labute approximate surface area is 541 Å². The van der Waals surface area contributed by atoms with Crippen molar-refractivity contribution in [2.75, 3.05) is 63.4 Å². The van der Waals surface area contributed by atoms with E-state index in [1.54, 1.807) is 36.4 Å². The monoisotopic (exact) mass is 1520 g/mol. The lowest BCUT2D eigenvalue weighted by molar-refractivity contribution is -0.211. The molecule has 6 heterocycles. The van der Waals surface area contributed by atoms with Crippen LogP contribution in [0.3, 0.4) is 0 Å². The number of rotatable bonds is 14. The van der Waals surface area contributed by atoms with Gasteiger partial charge in [0.05, 0.1) is 49.9 Å². The van der Waals surface area contributed by atoms with E-state index in [1.165, 1.54) is 60.1 Å². The summed E-state index contributed by atoms with van der Waals surface area (Å²) < 4.78 is 111. The van der Waals surface area contributed by atoms with Crippen LogP contribution in [-0.2, 0) is 38.1 Å². The van der Waals surface area contributed by atoms with Crippen molar-refractivity contribution in [2.45, 2.75) is 99.1 Å². The number of ether oxygens (including phenoxy) is 4. The molecule has 4 aromatic carbocycles. The Balaban J connectivity index is 0.000000213. The normalized spacial score (nSPS) is 26.7. The summed E-state index contributed by atoms with van der Waals surface area (Å²) in [5.41, 5.74) is 0.224. The highest BCUT2D eigenvalue weighted by atomic mass is 79.9. The zero-order chi connectivity index (χ0) is 65.5. The molecule has 14 atom stereocenters. The van der Waals surface area contributed by atoms with Crippen molar-refractivity contribution < 1.29 is 95.1 Å². The first-order valence-corrected chi connectivity index (χ1v) is 30.4. The number of benzene rings is 4. The molecule has 2 aromatic heterocycles. The van der Waals surface area contributed by atoms with Crippen LogP contribution in [0.5, 0.6) is 0 Å². The second-order valence-corrected chi connectivity index (χ2v) is 25.0. The summed E-state index contributed by atoms with van der Waals surface area (Å²) in [5.74, 6) is -11.1. The fraction of sp³-hybridized carbons (Fsp3) is 0.429. The number of halogens is 10. The molecule has 0 spiro atoms. The molecule has 4 aliphatic heterocycles. The third kappa shape index (κ3) is 14.1. The summed E-state index contributed by atoms with van der Waals surface area (Å²) in [5, 5.41) is 80.5. The van der Waals surface area contributed by atoms with Gasteiger partial charge in [-0.3, -0.25) is 19.2 Å². The summed E-state index contributed by atoms with van der Waals surface area (Å²) in [6.45, 7) is 1.21. The molecule has 0 bridgehead atoms. The molecular weight excluding hydrogens is 1470 g/mol. The van der Waals surface area contributed by atoms with Crippen molar-refractivity contribution in [3.8, 4) is 22.5 Å². The number of hydrogen-bond donors (Lipinski definition) is 6. The first kappa shape index (κ1) is 68.5. The Morgan fingerprint density at radius 1 is 0.544 bits per heavy atom. The Hall–Kier alpha value is -5.86. The predicted molar refractivity (Wildman–Crippen MR) is 317 cm³/mol. The van der Waals surface area contributed by atoms with Gasteiger partial charge in [0.25, 0.3) is 11.8 Å². The number of aromatic nitrogens is 6. The van der Waals surface area contributed by atoms with E-state index in [0.29, 0.717) is 29.3 Å². The van der Waals surface area contributed by atoms with Gasteiger partial charge in [-0.15, -0.1) is 10.2 Å². The Morgan fingerprint density at radius 3 is 1.14 bits per heavy atom. The molecule has 0 aliphatic carbocycles. The van der Waals surface area contributed by atoms with E-state index >= 15 is 0 Å². The fourth-order valence-electron chi connectivity index (χ4n) is 11.4. The van der Waals surface area contributed by atoms with Crippen molar-refractivity contribution in [3.63, 3.8) is 0 Å². The van der Waals surface area contributed by atoms with Gasteiger partial charge in [0.15, 0.2) is 47.1 Å². The van der Waals surface area contributed by atoms with Crippen LogP contribution in [0.2, 0.25) is 0 Å². The lowest BCUT2D eigenvalue weighted by atomic mass is 9.91. The highest BCUT2D eigenvalue weighted by Crippen LogP contribution is 2.40. The zero-order valence-corrected chi connectivity index (χ0v) is 53.8. The number of carbonyl (C=O) groups excluding carboxylic acids is 4. The second kappa shape index (κ2) is 28.6.